The van der Waals surface area contributed by atoms with Crippen LogP contribution in [0.2, 0.25) is 0 Å². The minimum atomic E-state index is -0.599. The van der Waals surface area contributed by atoms with Gasteiger partial charge >= 0.3 is 0 Å². The second-order valence-electron chi connectivity index (χ2n) is 6.44. The van der Waals surface area contributed by atoms with Gasteiger partial charge in [0.15, 0.2) is 12.6 Å². The Balaban J connectivity index is 2.39. The molecule has 2 aliphatic heterocycles. The lowest BCUT2D eigenvalue weighted by atomic mass is 10.1. The lowest BCUT2D eigenvalue weighted by Gasteiger charge is -2.27. The molecule has 0 aromatic heterocycles. The van der Waals surface area contributed by atoms with Crippen LogP contribution in [0.15, 0.2) is 47.9 Å². The van der Waals surface area contributed by atoms with Crippen molar-refractivity contribution in [3.8, 4) is 0 Å². The second kappa shape index (κ2) is 11.2. The molecular formula is C22H32N2O6. The Morgan fingerprint density at radius 2 is 1.00 bits per heavy atom. The van der Waals surface area contributed by atoms with E-state index in [-0.39, 0.29) is 24.9 Å². The van der Waals surface area contributed by atoms with Gasteiger partial charge in [0.2, 0.25) is 0 Å². The predicted molar refractivity (Wildman–Crippen MR) is 112 cm³/mol. The van der Waals surface area contributed by atoms with E-state index in [1.807, 2.05) is 27.7 Å². The van der Waals surface area contributed by atoms with Gasteiger partial charge in [0.05, 0.1) is 35.6 Å². The minimum absolute atomic E-state index is 0.160. The fourth-order valence-electron chi connectivity index (χ4n) is 3.58. The molecule has 0 aliphatic carbocycles. The summed E-state index contributed by atoms with van der Waals surface area (Å²) in [4.78, 5) is 29.5. The first-order chi connectivity index (χ1) is 14.5. The zero-order valence-corrected chi connectivity index (χ0v) is 18.3. The van der Waals surface area contributed by atoms with E-state index in [9.17, 15) is 9.59 Å². The molecule has 0 saturated heterocycles. The van der Waals surface area contributed by atoms with Crippen molar-refractivity contribution in [1.82, 2.24) is 9.80 Å². The van der Waals surface area contributed by atoms with E-state index in [0.717, 1.165) is 0 Å². The van der Waals surface area contributed by atoms with Gasteiger partial charge in [-0.25, -0.2) is 0 Å². The summed E-state index contributed by atoms with van der Waals surface area (Å²) < 4.78 is 22.3. The Kier molecular flexibility index (Phi) is 8.98. The number of allylic oxidation sites excluding steroid dienone is 2. The SMILES string of the molecule is C=CC1=C2C(=O)N(CC(OCC)OCC)C(C=C)=C2C(=O)N1CC(OCC)OCC. The van der Waals surface area contributed by atoms with E-state index in [4.69, 9.17) is 18.9 Å². The van der Waals surface area contributed by atoms with E-state index in [1.54, 1.807) is 0 Å². The van der Waals surface area contributed by atoms with Crippen LogP contribution in [0, 0.1) is 0 Å². The summed E-state index contributed by atoms with van der Waals surface area (Å²) in [5.41, 5.74) is 1.50. The molecule has 0 atom stereocenters. The molecule has 0 saturated carbocycles. The van der Waals surface area contributed by atoms with Gasteiger partial charge in [0, 0.05) is 26.4 Å². The Morgan fingerprint density at radius 3 is 1.23 bits per heavy atom. The molecule has 2 aliphatic rings. The highest BCUT2D eigenvalue weighted by Crippen LogP contribution is 2.40. The number of amides is 2. The molecule has 2 rings (SSSR count). The Bertz CT molecular complexity index is 668. The summed E-state index contributed by atoms with van der Waals surface area (Å²) in [6.45, 7) is 17.1. The summed E-state index contributed by atoms with van der Waals surface area (Å²) in [6.07, 6.45) is 1.83. The number of rotatable bonds is 14. The topological polar surface area (TPSA) is 77.5 Å². The average molecular weight is 421 g/mol. The van der Waals surface area contributed by atoms with E-state index in [0.29, 0.717) is 49.0 Å². The third kappa shape index (κ3) is 4.73. The van der Waals surface area contributed by atoms with E-state index < -0.39 is 12.6 Å². The van der Waals surface area contributed by atoms with Gasteiger partial charge in [-0.3, -0.25) is 9.59 Å². The van der Waals surface area contributed by atoms with Crippen molar-refractivity contribution in [2.45, 2.75) is 40.3 Å². The van der Waals surface area contributed by atoms with Crippen LogP contribution in [0.4, 0.5) is 0 Å². The molecule has 30 heavy (non-hydrogen) atoms. The number of ether oxygens (including phenoxy) is 4. The van der Waals surface area contributed by atoms with Gasteiger partial charge in [0.25, 0.3) is 11.8 Å². The zero-order valence-electron chi connectivity index (χ0n) is 18.3. The van der Waals surface area contributed by atoms with E-state index >= 15 is 0 Å². The van der Waals surface area contributed by atoms with E-state index in [2.05, 4.69) is 13.2 Å². The fraction of sp³-hybridized carbons (Fsp3) is 0.545. The van der Waals surface area contributed by atoms with Gasteiger partial charge in [-0.05, 0) is 39.8 Å². The molecule has 2 amide bonds. The average Bonchev–Trinajstić information content (AvgIpc) is 3.15. The molecule has 166 valence electrons. The standard InChI is InChI=1S/C22H32N2O6/c1-7-15-19-20(22(26)23(15)13-17(27-9-3)28-10-4)16(8-2)24(21(19)25)14-18(29-11-5)30-12-6/h7-8,17-18H,1-2,9-14H2,3-6H3. The highest BCUT2D eigenvalue weighted by Gasteiger charge is 2.47. The predicted octanol–water partition coefficient (Wildman–Crippen LogP) is 2.35. The van der Waals surface area contributed by atoms with Crippen molar-refractivity contribution >= 4 is 11.8 Å². The summed E-state index contributed by atoms with van der Waals surface area (Å²) in [5, 5.41) is 0. The highest BCUT2D eigenvalue weighted by atomic mass is 16.7. The van der Waals surface area contributed by atoms with Crippen LogP contribution < -0.4 is 0 Å². The van der Waals surface area contributed by atoms with Gasteiger partial charge in [-0.2, -0.15) is 0 Å². The number of nitrogens with zero attached hydrogens (tertiary/aromatic N) is 2. The largest absolute Gasteiger partial charge is 0.351 e. The molecule has 2 heterocycles. The normalized spacial score (nSPS) is 16.6. The summed E-state index contributed by atoms with van der Waals surface area (Å²) in [6, 6.07) is 0. The molecule has 0 aromatic rings. The number of fused-ring (bicyclic) bond motifs is 1. The Labute approximate surface area is 178 Å². The molecule has 0 radical (unpaired) electrons. The monoisotopic (exact) mass is 420 g/mol. The van der Waals surface area contributed by atoms with Gasteiger partial charge in [-0.1, -0.05) is 13.2 Å². The third-order valence-electron chi connectivity index (χ3n) is 4.72. The molecule has 8 heteroatoms. The smallest absolute Gasteiger partial charge is 0.261 e. The van der Waals surface area contributed by atoms with Gasteiger partial charge in [-0.15, -0.1) is 0 Å². The summed E-state index contributed by atoms with van der Waals surface area (Å²) in [5.74, 6) is -0.612. The first-order valence-corrected chi connectivity index (χ1v) is 10.3. The number of hydrogen-bond acceptors (Lipinski definition) is 6. The van der Waals surface area contributed by atoms with Crippen LogP contribution in [0.1, 0.15) is 27.7 Å². The lowest BCUT2D eigenvalue weighted by molar-refractivity contribution is -0.153. The van der Waals surface area contributed by atoms with Crippen LogP contribution in [-0.2, 0) is 28.5 Å². The molecule has 8 nitrogen and oxygen atoms in total. The van der Waals surface area contributed by atoms with Crippen LogP contribution in [0.3, 0.4) is 0 Å². The zero-order chi connectivity index (χ0) is 22.3. The highest BCUT2D eigenvalue weighted by molar-refractivity contribution is 6.20. The third-order valence-corrected chi connectivity index (χ3v) is 4.72. The van der Waals surface area contributed by atoms with Crippen LogP contribution in [-0.4, -0.2) is 73.7 Å². The quantitative estimate of drug-likeness (QED) is 0.402. The van der Waals surface area contributed by atoms with Crippen LogP contribution in [0.25, 0.3) is 0 Å². The lowest BCUT2D eigenvalue weighted by Crippen LogP contribution is -2.39. The fourth-order valence-corrected chi connectivity index (χ4v) is 3.58. The Morgan fingerprint density at radius 1 is 0.700 bits per heavy atom. The maximum Gasteiger partial charge on any atom is 0.261 e. The van der Waals surface area contributed by atoms with Crippen molar-refractivity contribution in [2.24, 2.45) is 0 Å². The molecule has 0 fully saturated rings. The first kappa shape index (κ1) is 24.0. The summed E-state index contributed by atoms with van der Waals surface area (Å²) >= 11 is 0. The number of carbonyl (C=O) groups excluding carboxylic acids is 2. The van der Waals surface area contributed by atoms with Gasteiger partial charge < -0.3 is 28.7 Å². The number of hydrogen-bond donors (Lipinski definition) is 0. The van der Waals surface area contributed by atoms with Crippen molar-refractivity contribution in [3.63, 3.8) is 0 Å². The van der Waals surface area contributed by atoms with Crippen LogP contribution >= 0.6 is 0 Å². The van der Waals surface area contributed by atoms with Crippen molar-refractivity contribution in [3.05, 3.63) is 47.9 Å². The molecule has 0 N–H and O–H groups in total. The maximum atomic E-state index is 13.3. The maximum absolute atomic E-state index is 13.3. The van der Waals surface area contributed by atoms with Crippen molar-refractivity contribution < 1.29 is 28.5 Å². The molecule has 0 bridgehead atoms. The first-order valence-electron chi connectivity index (χ1n) is 10.3. The van der Waals surface area contributed by atoms with E-state index in [1.165, 1.54) is 22.0 Å². The molecule has 0 unspecified atom stereocenters. The molecule has 0 aromatic carbocycles. The second-order valence-corrected chi connectivity index (χ2v) is 6.44. The van der Waals surface area contributed by atoms with Crippen molar-refractivity contribution in [1.29, 1.82) is 0 Å². The molecule has 0 spiro atoms. The van der Waals surface area contributed by atoms with Gasteiger partial charge in [0.1, 0.15) is 0 Å². The number of carbonyl (C=O) groups is 2. The van der Waals surface area contributed by atoms with Crippen LogP contribution in [0.5, 0.6) is 0 Å². The Hall–Kier alpha value is -2.26. The van der Waals surface area contributed by atoms with Crippen molar-refractivity contribution in [2.75, 3.05) is 39.5 Å². The minimum Gasteiger partial charge on any atom is -0.351 e. The summed E-state index contributed by atoms with van der Waals surface area (Å²) in [7, 11) is 0. The molecular weight excluding hydrogens is 388 g/mol.